The molecule has 1 amide bonds. The molecule has 2 aromatic heterocycles. The van der Waals surface area contributed by atoms with Gasteiger partial charge in [-0.25, -0.2) is 0 Å². The minimum Gasteiger partial charge on any atom is -0.354 e. The molecule has 0 aromatic carbocycles. The summed E-state index contributed by atoms with van der Waals surface area (Å²) in [6.45, 7) is 5.11. The maximum Gasteiger partial charge on any atom is 0.246 e. The van der Waals surface area contributed by atoms with Gasteiger partial charge in [-0.1, -0.05) is 6.92 Å². The summed E-state index contributed by atoms with van der Waals surface area (Å²) in [7, 11) is 3.58. The maximum atomic E-state index is 12.5. The van der Waals surface area contributed by atoms with Gasteiger partial charge in [0.15, 0.2) is 5.96 Å². The minimum atomic E-state index is 0.0410. The highest BCUT2D eigenvalue weighted by Gasteiger charge is 2.27. The van der Waals surface area contributed by atoms with Crippen molar-refractivity contribution < 1.29 is 4.79 Å². The average Bonchev–Trinajstić information content (AvgIpc) is 3.27. The van der Waals surface area contributed by atoms with Crippen molar-refractivity contribution in [3.8, 4) is 0 Å². The molecule has 1 fully saturated rings. The largest absolute Gasteiger partial charge is 0.354 e. The van der Waals surface area contributed by atoms with E-state index in [-0.39, 0.29) is 5.91 Å². The van der Waals surface area contributed by atoms with Crippen LogP contribution in [0.25, 0.3) is 0 Å². The van der Waals surface area contributed by atoms with Crippen LogP contribution in [0.4, 0.5) is 5.69 Å². The Kier molecular flexibility index (Phi) is 5.49. The molecule has 1 saturated heterocycles. The van der Waals surface area contributed by atoms with Crippen molar-refractivity contribution in [1.29, 1.82) is 0 Å². The van der Waals surface area contributed by atoms with E-state index in [1.165, 1.54) is 0 Å². The number of hydrogen-bond acceptors (Lipinski definition) is 5. The lowest BCUT2D eigenvalue weighted by atomic mass is 10.3. The van der Waals surface area contributed by atoms with Crippen LogP contribution in [0.15, 0.2) is 23.7 Å². The van der Waals surface area contributed by atoms with Crippen molar-refractivity contribution in [2.45, 2.75) is 19.9 Å². The molecule has 1 aliphatic heterocycles. The van der Waals surface area contributed by atoms with Gasteiger partial charge in [0.1, 0.15) is 18.7 Å². The summed E-state index contributed by atoms with van der Waals surface area (Å²) in [6, 6.07) is 0. The Hall–Kier alpha value is -2.91. The van der Waals surface area contributed by atoms with Gasteiger partial charge in [-0.2, -0.15) is 5.10 Å². The summed E-state index contributed by atoms with van der Waals surface area (Å²) in [5.41, 5.74) is 0.833. The van der Waals surface area contributed by atoms with Crippen LogP contribution in [0.1, 0.15) is 12.7 Å². The quantitative estimate of drug-likeness (QED) is 0.571. The van der Waals surface area contributed by atoms with E-state index in [0.717, 1.165) is 30.4 Å². The fourth-order valence-corrected chi connectivity index (χ4v) is 3.03. The van der Waals surface area contributed by atoms with E-state index < -0.39 is 0 Å². The first kappa shape index (κ1) is 17.9. The van der Waals surface area contributed by atoms with Crippen molar-refractivity contribution >= 4 is 17.6 Å². The number of carbonyl (C=O) groups is 1. The highest BCUT2D eigenvalue weighted by molar-refractivity contribution is 5.98. The number of guanidine groups is 1. The van der Waals surface area contributed by atoms with Crippen LogP contribution in [0.5, 0.6) is 0 Å². The number of aryl methyl sites for hydroxylation is 2. The Morgan fingerprint density at radius 1 is 1.38 bits per heavy atom. The lowest BCUT2D eigenvalue weighted by molar-refractivity contribution is -0.120. The van der Waals surface area contributed by atoms with Crippen LogP contribution >= 0.6 is 0 Å². The van der Waals surface area contributed by atoms with E-state index in [1.54, 1.807) is 29.2 Å². The van der Waals surface area contributed by atoms with Crippen molar-refractivity contribution in [3.05, 3.63) is 24.5 Å². The molecular weight excluding hydrogens is 334 g/mol. The second kappa shape index (κ2) is 7.98. The fourth-order valence-electron chi connectivity index (χ4n) is 3.03. The second-order valence-corrected chi connectivity index (χ2v) is 6.11. The van der Waals surface area contributed by atoms with E-state index in [0.29, 0.717) is 26.2 Å². The van der Waals surface area contributed by atoms with Gasteiger partial charge in [-0.3, -0.25) is 14.5 Å². The van der Waals surface area contributed by atoms with Gasteiger partial charge >= 0.3 is 0 Å². The standard InChI is InChI=1S/C16H25N9O/c1-4-14-21-19-12-24(14)6-5-18-16(17-2)23-7-8-25(15(26)11-23)13-9-20-22(3)10-13/h9-10,12H,4-8,11H2,1-3H3,(H,17,18). The van der Waals surface area contributed by atoms with Gasteiger partial charge in [-0.15, -0.1) is 10.2 Å². The summed E-state index contributed by atoms with van der Waals surface area (Å²) in [6.07, 6.45) is 6.15. The average molecular weight is 359 g/mol. The summed E-state index contributed by atoms with van der Waals surface area (Å²) >= 11 is 0. The Morgan fingerprint density at radius 3 is 2.88 bits per heavy atom. The number of carbonyl (C=O) groups excluding carboxylic acids is 1. The number of amides is 1. The van der Waals surface area contributed by atoms with Crippen LogP contribution in [-0.2, 0) is 24.8 Å². The molecule has 26 heavy (non-hydrogen) atoms. The van der Waals surface area contributed by atoms with E-state index in [4.69, 9.17) is 0 Å². The van der Waals surface area contributed by atoms with E-state index in [1.807, 2.05) is 22.7 Å². The van der Waals surface area contributed by atoms with Crippen molar-refractivity contribution in [2.75, 3.05) is 38.1 Å². The molecule has 1 N–H and O–H groups in total. The Balaban J connectivity index is 1.54. The number of hydrogen-bond donors (Lipinski definition) is 1. The van der Waals surface area contributed by atoms with Gasteiger partial charge in [0.2, 0.25) is 5.91 Å². The lowest BCUT2D eigenvalue weighted by Crippen LogP contribution is -2.55. The summed E-state index contributed by atoms with van der Waals surface area (Å²) < 4.78 is 3.72. The molecule has 0 saturated carbocycles. The molecule has 0 bridgehead atoms. The first-order valence-corrected chi connectivity index (χ1v) is 8.73. The zero-order valence-corrected chi connectivity index (χ0v) is 15.5. The molecule has 0 radical (unpaired) electrons. The first-order valence-electron chi connectivity index (χ1n) is 8.73. The predicted molar refractivity (Wildman–Crippen MR) is 97.9 cm³/mol. The van der Waals surface area contributed by atoms with Crippen LogP contribution in [0.2, 0.25) is 0 Å². The van der Waals surface area contributed by atoms with Gasteiger partial charge in [0, 0.05) is 52.9 Å². The number of aliphatic imine (C=N–C) groups is 1. The maximum absolute atomic E-state index is 12.5. The SMILES string of the molecule is CCc1nncn1CCNC(=NC)N1CCN(c2cnn(C)c2)C(=O)C1. The highest BCUT2D eigenvalue weighted by atomic mass is 16.2. The number of anilines is 1. The number of nitrogens with zero attached hydrogens (tertiary/aromatic N) is 8. The molecule has 3 heterocycles. The van der Waals surface area contributed by atoms with Crippen LogP contribution in [0.3, 0.4) is 0 Å². The summed E-state index contributed by atoms with van der Waals surface area (Å²) in [5, 5.41) is 15.5. The lowest BCUT2D eigenvalue weighted by Gasteiger charge is -2.35. The van der Waals surface area contributed by atoms with Crippen LogP contribution in [-0.4, -0.2) is 74.5 Å². The van der Waals surface area contributed by atoms with Crippen LogP contribution < -0.4 is 10.2 Å². The highest BCUT2D eigenvalue weighted by Crippen LogP contribution is 2.15. The third kappa shape index (κ3) is 3.84. The molecule has 140 valence electrons. The molecule has 10 heteroatoms. The predicted octanol–water partition coefficient (Wildman–Crippen LogP) is -0.502. The third-order valence-electron chi connectivity index (χ3n) is 4.38. The molecule has 1 aliphatic rings. The summed E-state index contributed by atoms with van der Waals surface area (Å²) in [5.74, 6) is 1.73. The van der Waals surface area contributed by atoms with Gasteiger partial charge in [-0.05, 0) is 0 Å². The smallest absolute Gasteiger partial charge is 0.246 e. The third-order valence-corrected chi connectivity index (χ3v) is 4.38. The molecule has 0 unspecified atom stereocenters. The molecular formula is C16H25N9O. The zero-order chi connectivity index (χ0) is 18.5. The Morgan fingerprint density at radius 2 is 2.23 bits per heavy atom. The Labute approximate surface area is 152 Å². The van der Waals surface area contributed by atoms with Gasteiger partial charge < -0.3 is 19.7 Å². The molecule has 0 spiro atoms. The van der Waals surface area contributed by atoms with Gasteiger partial charge in [0.05, 0.1) is 11.9 Å². The van der Waals surface area contributed by atoms with E-state index in [2.05, 4.69) is 32.5 Å². The monoisotopic (exact) mass is 359 g/mol. The van der Waals surface area contributed by atoms with Gasteiger partial charge in [0.25, 0.3) is 0 Å². The van der Waals surface area contributed by atoms with Crippen LogP contribution in [0, 0.1) is 0 Å². The topological polar surface area (TPSA) is 96.5 Å². The molecule has 2 aromatic rings. The fraction of sp³-hybridized carbons (Fsp3) is 0.562. The molecule has 0 atom stereocenters. The molecule has 0 aliphatic carbocycles. The minimum absolute atomic E-state index is 0.0410. The normalized spacial score (nSPS) is 15.7. The van der Waals surface area contributed by atoms with E-state index in [9.17, 15) is 4.79 Å². The molecule has 10 nitrogen and oxygen atoms in total. The number of nitrogens with one attached hydrogen (secondary N) is 1. The second-order valence-electron chi connectivity index (χ2n) is 6.11. The zero-order valence-electron chi connectivity index (χ0n) is 15.5. The van der Waals surface area contributed by atoms with Crippen molar-refractivity contribution in [2.24, 2.45) is 12.0 Å². The number of aromatic nitrogens is 5. The number of piperazine rings is 1. The molecule has 3 rings (SSSR count). The summed E-state index contributed by atoms with van der Waals surface area (Å²) in [4.78, 5) is 20.6. The van der Waals surface area contributed by atoms with E-state index >= 15 is 0 Å². The number of rotatable bonds is 5. The van der Waals surface area contributed by atoms with Crippen molar-refractivity contribution in [3.63, 3.8) is 0 Å². The Bertz CT molecular complexity index is 778. The van der Waals surface area contributed by atoms with Crippen molar-refractivity contribution in [1.82, 2.24) is 34.8 Å². The first-order chi connectivity index (χ1) is 12.6.